The molecule has 0 fully saturated rings. The molecule has 0 amide bonds. The quantitative estimate of drug-likeness (QED) is 0.705. The first-order valence-corrected chi connectivity index (χ1v) is 5.98. The molecule has 1 N–H and O–H groups in total. The lowest BCUT2D eigenvalue weighted by Gasteiger charge is -2.09. The first-order valence-electron chi connectivity index (χ1n) is 5.98. The molecule has 0 bridgehead atoms. The second-order valence-electron chi connectivity index (χ2n) is 3.88. The minimum atomic E-state index is -1.40. The summed E-state index contributed by atoms with van der Waals surface area (Å²) in [5, 5.41) is 8.64. The lowest BCUT2D eigenvalue weighted by molar-refractivity contribution is 0.0639. The molecule has 20 heavy (non-hydrogen) atoms. The highest BCUT2D eigenvalue weighted by molar-refractivity contribution is 5.87. The molecule has 112 valence electrons. The van der Waals surface area contributed by atoms with E-state index in [4.69, 9.17) is 19.3 Å². The summed E-state index contributed by atoms with van der Waals surface area (Å²) >= 11 is 0. The lowest BCUT2D eigenvalue weighted by Crippen LogP contribution is -2.08. The fourth-order valence-corrected chi connectivity index (χ4v) is 1.40. The fraction of sp³-hybridized carbons (Fsp3) is 0.462. The topological polar surface area (TPSA) is 65.0 Å². The first kappa shape index (κ1) is 16.3. The number of hydrogen-bond acceptors (Lipinski definition) is 4. The predicted octanol–water partition coefficient (Wildman–Crippen LogP) is 2.09. The average Bonchev–Trinajstić information content (AvgIpc) is 2.40. The number of methoxy groups -OCH3 is 1. The predicted molar refractivity (Wildman–Crippen MR) is 66.1 cm³/mol. The summed E-state index contributed by atoms with van der Waals surface area (Å²) in [5.41, 5.74) is -0.463. The molecule has 0 radical (unpaired) electrons. The van der Waals surface area contributed by atoms with E-state index in [0.29, 0.717) is 26.2 Å². The Bertz CT molecular complexity index is 427. The van der Waals surface area contributed by atoms with Gasteiger partial charge in [0.25, 0.3) is 0 Å². The van der Waals surface area contributed by atoms with Crippen LogP contribution in [0.2, 0.25) is 0 Å². The third-order valence-electron chi connectivity index (χ3n) is 2.36. The minimum Gasteiger partial charge on any atom is -0.488 e. The zero-order valence-corrected chi connectivity index (χ0v) is 11.0. The number of carboxylic acids is 1. The van der Waals surface area contributed by atoms with Crippen LogP contribution in [0.1, 0.15) is 16.8 Å². The number of hydrogen-bond donors (Lipinski definition) is 1. The van der Waals surface area contributed by atoms with Gasteiger partial charge in [0.2, 0.25) is 0 Å². The van der Waals surface area contributed by atoms with Crippen LogP contribution in [0.5, 0.6) is 5.75 Å². The Morgan fingerprint density at radius 2 is 1.80 bits per heavy atom. The Balaban J connectivity index is 2.42. The number of rotatable bonds is 9. The molecule has 0 atom stereocenters. The van der Waals surface area contributed by atoms with Crippen molar-refractivity contribution in [1.82, 2.24) is 0 Å². The second kappa shape index (κ2) is 8.44. The summed E-state index contributed by atoms with van der Waals surface area (Å²) < 4.78 is 41.8. The maximum atomic E-state index is 13.5. The molecule has 1 aromatic rings. The van der Waals surface area contributed by atoms with Crippen LogP contribution in [0.3, 0.4) is 0 Å². The van der Waals surface area contributed by atoms with Crippen molar-refractivity contribution in [2.75, 3.05) is 33.5 Å². The number of benzene rings is 1. The smallest absolute Gasteiger partial charge is 0.335 e. The SMILES string of the molecule is COCCOCCCOc1c(F)cc(C(=O)O)cc1F. The van der Waals surface area contributed by atoms with Crippen molar-refractivity contribution in [2.45, 2.75) is 6.42 Å². The zero-order valence-electron chi connectivity index (χ0n) is 11.0. The number of carbonyl (C=O) groups is 1. The van der Waals surface area contributed by atoms with Crippen LogP contribution in [-0.2, 0) is 9.47 Å². The molecule has 5 nitrogen and oxygen atoms in total. The van der Waals surface area contributed by atoms with E-state index in [1.807, 2.05) is 0 Å². The molecule has 0 saturated carbocycles. The van der Waals surface area contributed by atoms with Gasteiger partial charge in [-0.3, -0.25) is 0 Å². The van der Waals surface area contributed by atoms with Crippen molar-refractivity contribution in [3.05, 3.63) is 29.3 Å². The van der Waals surface area contributed by atoms with Crippen molar-refractivity contribution >= 4 is 5.97 Å². The van der Waals surface area contributed by atoms with Crippen LogP contribution in [-0.4, -0.2) is 44.6 Å². The maximum absolute atomic E-state index is 13.5. The van der Waals surface area contributed by atoms with Crippen molar-refractivity contribution in [3.63, 3.8) is 0 Å². The normalized spacial score (nSPS) is 10.6. The maximum Gasteiger partial charge on any atom is 0.335 e. The van der Waals surface area contributed by atoms with Crippen LogP contribution < -0.4 is 4.74 Å². The van der Waals surface area contributed by atoms with E-state index in [1.54, 1.807) is 7.11 Å². The third kappa shape index (κ3) is 5.10. The Morgan fingerprint density at radius 3 is 2.35 bits per heavy atom. The van der Waals surface area contributed by atoms with E-state index < -0.39 is 28.9 Å². The van der Waals surface area contributed by atoms with Gasteiger partial charge < -0.3 is 19.3 Å². The molecule has 7 heteroatoms. The largest absolute Gasteiger partial charge is 0.488 e. The summed E-state index contributed by atoms with van der Waals surface area (Å²) in [6, 6.07) is 1.44. The highest BCUT2D eigenvalue weighted by Crippen LogP contribution is 2.23. The van der Waals surface area contributed by atoms with E-state index >= 15 is 0 Å². The third-order valence-corrected chi connectivity index (χ3v) is 2.36. The Labute approximate surface area is 115 Å². The number of carboxylic acid groups (broad SMARTS) is 1. The Morgan fingerprint density at radius 1 is 1.15 bits per heavy atom. The van der Waals surface area contributed by atoms with Crippen LogP contribution in [0, 0.1) is 11.6 Å². The van der Waals surface area contributed by atoms with Crippen molar-refractivity contribution in [1.29, 1.82) is 0 Å². The molecule has 0 aromatic heterocycles. The van der Waals surface area contributed by atoms with Gasteiger partial charge in [-0.2, -0.15) is 0 Å². The molecule has 1 rings (SSSR count). The Hall–Kier alpha value is -1.73. The van der Waals surface area contributed by atoms with Crippen LogP contribution >= 0.6 is 0 Å². The van der Waals surface area contributed by atoms with Crippen LogP contribution in [0.25, 0.3) is 0 Å². The molecule has 0 spiro atoms. The standard InChI is InChI=1S/C13H16F2O5/c1-18-5-6-19-3-2-4-20-12-10(14)7-9(13(16)17)8-11(12)15/h7-8H,2-6H2,1H3,(H,16,17). The van der Waals surface area contributed by atoms with E-state index in [1.165, 1.54) is 0 Å². The molecule has 1 aromatic carbocycles. The van der Waals surface area contributed by atoms with Gasteiger partial charge in [0.05, 0.1) is 25.4 Å². The van der Waals surface area contributed by atoms with Gasteiger partial charge in [-0.25, -0.2) is 13.6 Å². The summed E-state index contributed by atoms with van der Waals surface area (Å²) in [6.45, 7) is 1.35. The van der Waals surface area contributed by atoms with Crippen molar-refractivity contribution < 1.29 is 32.9 Å². The average molecular weight is 290 g/mol. The van der Waals surface area contributed by atoms with Gasteiger partial charge in [-0.1, -0.05) is 0 Å². The van der Waals surface area contributed by atoms with Gasteiger partial charge in [0.15, 0.2) is 17.4 Å². The van der Waals surface area contributed by atoms with Gasteiger partial charge in [-0.15, -0.1) is 0 Å². The molecule has 0 aliphatic rings. The highest BCUT2D eigenvalue weighted by Gasteiger charge is 2.15. The van der Waals surface area contributed by atoms with Crippen molar-refractivity contribution in [3.8, 4) is 5.75 Å². The van der Waals surface area contributed by atoms with E-state index in [2.05, 4.69) is 0 Å². The monoisotopic (exact) mass is 290 g/mol. The van der Waals surface area contributed by atoms with E-state index in [9.17, 15) is 13.6 Å². The summed E-state index contributed by atoms with van der Waals surface area (Å²) in [4.78, 5) is 10.6. The molecule has 0 aliphatic carbocycles. The summed E-state index contributed by atoms with van der Waals surface area (Å²) in [6.07, 6.45) is 0.448. The lowest BCUT2D eigenvalue weighted by atomic mass is 10.2. The molecule has 0 heterocycles. The second-order valence-corrected chi connectivity index (χ2v) is 3.88. The summed E-state index contributed by atoms with van der Waals surface area (Å²) in [5.74, 6) is -4.06. The number of aromatic carboxylic acids is 1. The van der Waals surface area contributed by atoms with Crippen molar-refractivity contribution in [2.24, 2.45) is 0 Å². The Kier molecular flexibility index (Phi) is 6.89. The molecule has 0 saturated heterocycles. The van der Waals surface area contributed by atoms with Gasteiger partial charge >= 0.3 is 5.97 Å². The van der Waals surface area contributed by atoms with E-state index in [0.717, 1.165) is 12.1 Å². The van der Waals surface area contributed by atoms with Crippen LogP contribution in [0.4, 0.5) is 8.78 Å². The molecular weight excluding hydrogens is 274 g/mol. The van der Waals surface area contributed by atoms with Gasteiger partial charge in [0.1, 0.15) is 0 Å². The summed E-state index contributed by atoms with van der Waals surface area (Å²) in [7, 11) is 1.55. The zero-order chi connectivity index (χ0) is 15.0. The van der Waals surface area contributed by atoms with Gasteiger partial charge in [-0.05, 0) is 12.1 Å². The first-order chi connectivity index (χ1) is 9.56. The molecular formula is C13H16F2O5. The van der Waals surface area contributed by atoms with Gasteiger partial charge in [0, 0.05) is 20.1 Å². The van der Waals surface area contributed by atoms with Crippen LogP contribution in [0.15, 0.2) is 12.1 Å². The molecule has 0 unspecified atom stereocenters. The number of halogens is 2. The highest BCUT2D eigenvalue weighted by atomic mass is 19.1. The minimum absolute atomic E-state index is 0.0627. The number of ether oxygens (including phenoxy) is 3. The fourth-order valence-electron chi connectivity index (χ4n) is 1.40. The molecule has 0 aliphatic heterocycles. The van der Waals surface area contributed by atoms with E-state index in [-0.39, 0.29) is 6.61 Å².